The predicted molar refractivity (Wildman–Crippen MR) is 82.2 cm³/mol. The predicted octanol–water partition coefficient (Wildman–Crippen LogP) is 3.24. The van der Waals surface area contributed by atoms with Gasteiger partial charge in [-0.15, -0.1) is 0 Å². The Morgan fingerprint density at radius 1 is 0.955 bits per heavy atom. The molecule has 0 atom stereocenters. The summed E-state index contributed by atoms with van der Waals surface area (Å²) in [6.07, 6.45) is 3.99. The second-order valence-corrected chi connectivity index (χ2v) is 4.79. The van der Waals surface area contributed by atoms with E-state index >= 15 is 0 Å². The summed E-state index contributed by atoms with van der Waals surface area (Å²) in [4.78, 5) is 4.28. The second kappa shape index (κ2) is 6.13. The van der Waals surface area contributed by atoms with Gasteiger partial charge in [-0.05, 0) is 29.3 Å². The fourth-order valence-electron chi connectivity index (χ4n) is 2.00. The van der Waals surface area contributed by atoms with Crippen molar-refractivity contribution in [1.29, 1.82) is 0 Å². The molecule has 22 heavy (non-hydrogen) atoms. The Balaban J connectivity index is 1.71. The van der Waals surface area contributed by atoms with Gasteiger partial charge in [-0.2, -0.15) is 4.98 Å². The Morgan fingerprint density at radius 3 is 2.55 bits per heavy atom. The van der Waals surface area contributed by atoms with Crippen LogP contribution in [0.5, 0.6) is 11.5 Å². The molecule has 0 amide bonds. The number of nitrogens with zero attached hydrogens (tertiary/aromatic N) is 2. The van der Waals surface area contributed by atoms with Gasteiger partial charge in [0.05, 0.1) is 0 Å². The summed E-state index contributed by atoms with van der Waals surface area (Å²) >= 11 is 0. The monoisotopic (exact) mass is 294 g/mol. The number of rotatable bonds is 4. The van der Waals surface area contributed by atoms with Gasteiger partial charge in [-0.1, -0.05) is 41.6 Å². The molecule has 1 aromatic heterocycles. The van der Waals surface area contributed by atoms with Gasteiger partial charge >= 0.3 is 0 Å². The van der Waals surface area contributed by atoms with Crippen LogP contribution < -0.4 is 0 Å². The Bertz CT molecular complexity index is 795. The van der Waals surface area contributed by atoms with Crippen molar-refractivity contribution >= 4 is 12.2 Å². The Kier molecular flexibility index (Phi) is 3.87. The van der Waals surface area contributed by atoms with Gasteiger partial charge in [0.1, 0.15) is 0 Å². The number of aromatic nitrogens is 2. The van der Waals surface area contributed by atoms with Crippen LogP contribution in [0.2, 0.25) is 0 Å². The maximum absolute atomic E-state index is 9.43. The summed E-state index contributed by atoms with van der Waals surface area (Å²) in [5, 5.41) is 22.6. The molecule has 0 fully saturated rings. The van der Waals surface area contributed by atoms with E-state index in [-0.39, 0.29) is 11.5 Å². The molecule has 0 aliphatic carbocycles. The van der Waals surface area contributed by atoms with Gasteiger partial charge in [0, 0.05) is 12.5 Å². The summed E-state index contributed by atoms with van der Waals surface area (Å²) in [6, 6.07) is 14.4. The SMILES string of the molecule is Oc1ccc(/C=C/c2nc(Cc3ccccc3)no2)cc1O. The van der Waals surface area contributed by atoms with Crippen LogP contribution in [0.4, 0.5) is 0 Å². The Hall–Kier alpha value is -3.08. The van der Waals surface area contributed by atoms with Crippen molar-refractivity contribution in [2.75, 3.05) is 0 Å². The lowest BCUT2D eigenvalue weighted by Crippen LogP contribution is -1.89. The molecule has 1 heterocycles. The molecule has 110 valence electrons. The highest BCUT2D eigenvalue weighted by molar-refractivity contribution is 5.67. The maximum atomic E-state index is 9.43. The van der Waals surface area contributed by atoms with E-state index in [0.29, 0.717) is 18.1 Å². The van der Waals surface area contributed by atoms with E-state index in [9.17, 15) is 10.2 Å². The lowest BCUT2D eigenvalue weighted by Gasteiger charge is -1.97. The van der Waals surface area contributed by atoms with Gasteiger partial charge in [0.25, 0.3) is 5.89 Å². The summed E-state index contributed by atoms with van der Waals surface area (Å²) < 4.78 is 5.15. The third-order valence-corrected chi connectivity index (χ3v) is 3.11. The molecule has 2 N–H and O–H groups in total. The standard InChI is InChI=1S/C17H14N2O3/c20-14-8-6-13(10-15(14)21)7-9-17-18-16(19-22-17)11-12-4-2-1-3-5-12/h1-10,20-21H,11H2/b9-7+. The molecule has 0 saturated heterocycles. The molecular formula is C17H14N2O3. The molecule has 0 aliphatic rings. The average Bonchev–Trinajstić information content (AvgIpc) is 2.97. The van der Waals surface area contributed by atoms with Crippen molar-refractivity contribution in [3.8, 4) is 11.5 Å². The zero-order valence-electron chi connectivity index (χ0n) is 11.7. The van der Waals surface area contributed by atoms with E-state index < -0.39 is 0 Å². The van der Waals surface area contributed by atoms with Crippen molar-refractivity contribution in [3.63, 3.8) is 0 Å². The van der Waals surface area contributed by atoms with E-state index in [1.807, 2.05) is 30.3 Å². The van der Waals surface area contributed by atoms with E-state index in [4.69, 9.17) is 4.52 Å². The molecule has 0 spiro atoms. The molecule has 0 unspecified atom stereocenters. The van der Waals surface area contributed by atoms with Crippen molar-refractivity contribution < 1.29 is 14.7 Å². The topological polar surface area (TPSA) is 79.4 Å². The van der Waals surface area contributed by atoms with Gasteiger partial charge in [0.2, 0.25) is 0 Å². The highest BCUT2D eigenvalue weighted by Crippen LogP contribution is 2.25. The van der Waals surface area contributed by atoms with E-state index in [1.54, 1.807) is 18.2 Å². The molecule has 3 rings (SSSR count). The van der Waals surface area contributed by atoms with Crippen LogP contribution in [-0.2, 0) is 6.42 Å². The minimum Gasteiger partial charge on any atom is -0.504 e. The van der Waals surface area contributed by atoms with Gasteiger partial charge in [0.15, 0.2) is 17.3 Å². The first-order valence-electron chi connectivity index (χ1n) is 6.77. The highest BCUT2D eigenvalue weighted by atomic mass is 16.5. The normalized spacial score (nSPS) is 11.1. The number of hydrogen-bond donors (Lipinski definition) is 2. The highest BCUT2D eigenvalue weighted by Gasteiger charge is 2.05. The first kappa shape index (κ1) is 13.9. The zero-order valence-corrected chi connectivity index (χ0v) is 11.7. The minimum atomic E-state index is -0.169. The largest absolute Gasteiger partial charge is 0.504 e. The molecule has 2 aromatic carbocycles. The van der Waals surface area contributed by atoms with Gasteiger partial charge < -0.3 is 14.7 Å². The lowest BCUT2D eigenvalue weighted by molar-refractivity contribution is 0.403. The number of phenolic OH excluding ortho intramolecular Hbond substituents is 2. The average molecular weight is 294 g/mol. The van der Waals surface area contributed by atoms with Crippen molar-refractivity contribution in [1.82, 2.24) is 10.1 Å². The van der Waals surface area contributed by atoms with Crippen LogP contribution >= 0.6 is 0 Å². The van der Waals surface area contributed by atoms with Crippen LogP contribution in [0.1, 0.15) is 22.8 Å². The fraction of sp³-hybridized carbons (Fsp3) is 0.0588. The molecule has 0 aliphatic heterocycles. The summed E-state index contributed by atoms with van der Waals surface area (Å²) in [5.74, 6) is 0.676. The molecular weight excluding hydrogens is 280 g/mol. The molecule has 5 heteroatoms. The van der Waals surface area contributed by atoms with Crippen LogP contribution in [0.3, 0.4) is 0 Å². The van der Waals surface area contributed by atoms with E-state index in [2.05, 4.69) is 10.1 Å². The van der Waals surface area contributed by atoms with Gasteiger partial charge in [-0.25, -0.2) is 0 Å². The number of phenols is 2. The number of aromatic hydroxyl groups is 2. The minimum absolute atomic E-state index is 0.153. The zero-order chi connectivity index (χ0) is 15.4. The Labute approximate surface area is 127 Å². The van der Waals surface area contributed by atoms with Crippen molar-refractivity contribution in [2.45, 2.75) is 6.42 Å². The molecule has 3 aromatic rings. The molecule has 0 radical (unpaired) electrons. The van der Waals surface area contributed by atoms with Crippen molar-refractivity contribution in [2.24, 2.45) is 0 Å². The van der Waals surface area contributed by atoms with Crippen LogP contribution in [0.25, 0.3) is 12.2 Å². The first-order chi connectivity index (χ1) is 10.7. The molecule has 0 bridgehead atoms. The molecule has 5 nitrogen and oxygen atoms in total. The second-order valence-electron chi connectivity index (χ2n) is 4.79. The smallest absolute Gasteiger partial charge is 0.250 e. The summed E-state index contributed by atoms with van der Waals surface area (Å²) in [5.41, 5.74) is 1.83. The van der Waals surface area contributed by atoms with Crippen LogP contribution in [0, 0.1) is 0 Å². The summed E-state index contributed by atoms with van der Waals surface area (Å²) in [7, 11) is 0. The van der Waals surface area contributed by atoms with E-state index in [1.165, 1.54) is 12.1 Å². The first-order valence-corrected chi connectivity index (χ1v) is 6.77. The van der Waals surface area contributed by atoms with Crippen LogP contribution in [0.15, 0.2) is 53.1 Å². The third-order valence-electron chi connectivity index (χ3n) is 3.11. The summed E-state index contributed by atoms with van der Waals surface area (Å²) in [6.45, 7) is 0. The third kappa shape index (κ3) is 3.32. The number of hydrogen-bond acceptors (Lipinski definition) is 5. The quantitative estimate of drug-likeness (QED) is 0.722. The fourth-order valence-corrected chi connectivity index (χ4v) is 2.00. The Morgan fingerprint density at radius 2 is 1.77 bits per heavy atom. The van der Waals surface area contributed by atoms with Crippen LogP contribution in [-0.4, -0.2) is 20.4 Å². The van der Waals surface area contributed by atoms with E-state index in [0.717, 1.165) is 11.1 Å². The maximum Gasteiger partial charge on any atom is 0.250 e. The lowest BCUT2D eigenvalue weighted by atomic mass is 10.1. The van der Waals surface area contributed by atoms with Crippen molar-refractivity contribution in [3.05, 3.63) is 71.4 Å². The molecule has 0 saturated carbocycles. The van der Waals surface area contributed by atoms with Gasteiger partial charge in [-0.3, -0.25) is 0 Å². The number of benzene rings is 2.